The van der Waals surface area contributed by atoms with Gasteiger partial charge in [0.2, 0.25) is 0 Å². The Labute approximate surface area is 200 Å². The standard InChI is InChI=1S/C28H22BrNO3/c29-23-12-13-25-24(17-23)28(33,27(32)30(25)15-14-19-6-2-1-3-7-19)18-26(31)22-11-10-20-8-4-5-9-21(20)16-22/h1-13,16-17,33H,14-15,18H2. The predicted octanol–water partition coefficient (Wildman–Crippen LogP) is 5.65. The van der Waals surface area contributed by atoms with Crippen molar-refractivity contribution in [2.75, 3.05) is 11.4 Å². The summed E-state index contributed by atoms with van der Waals surface area (Å²) in [5.74, 6) is -0.729. The number of carbonyl (C=O) groups is 2. The minimum Gasteiger partial charge on any atom is -0.375 e. The first-order valence-corrected chi connectivity index (χ1v) is 11.7. The van der Waals surface area contributed by atoms with Gasteiger partial charge in [-0.25, -0.2) is 0 Å². The molecule has 0 aliphatic carbocycles. The Morgan fingerprint density at radius 1 is 0.879 bits per heavy atom. The van der Waals surface area contributed by atoms with Gasteiger partial charge >= 0.3 is 0 Å². The van der Waals surface area contributed by atoms with Crippen molar-refractivity contribution in [3.8, 4) is 0 Å². The second-order valence-electron chi connectivity index (χ2n) is 8.38. The Morgan fingerprint density at radius 3 is 2.39 bits per heavy atom. The highest BCUT2D eigenvalue weighted by Gasteiger charge is 2.50. The Kier molecular flexibility index (Phi) is 5.60. The summed E-state index contributed by atoms with van der Waals surface area (Å²) in [5.41, 5.74) is 0.788. The van der Waals surface area contributed by atoms with Crippen molar-refractivity contribution >= 4 is 44.1 Å². The minimum absolute atomic E-state index is 0.271. The Balaban J connectivity index is 1.46. The predicted molar refractivity (Wildman–Crippen MR) is 133 cm³/mol. The number of hydrogen-bond donors (Lipinski definition) is 1. The molecule has 0 saturated heterocycles. The van der Waals surface area contributed by atoms with Crippen molar-refractivity contribution in [2.45, 2.75) is 18.4 Å². The normalized spacial score (nSPS) is 17.4. The van der Waals surface area contributed by atoms with Gasteiger partial charge in [-0.2, -0.15) is 0 Å². The molecular weight excluding hydrogens is 478 g/mol. The van der Waals surface area contributed by atoms with E-state index in [1.807, 2.05) is 78.9 Å². The van der Waals surface area contributed by atoms with Crippen LogP contribution in [0.5, 0.6) is 0 Å². The van der Waals surface area contributed by atoms with E-state index in [4.69, 9.17) is 0 Å². The number of aliphatic hydroxyl groups is 1. The summed E-state index contributed by atoms with van der Waals surface area (Å²) in [7, 11) is 0. The van der Waals surface area contributed by atoms with Gasteiger partial charge in [-0.15, -0.1) is 0 Å². The molecule has 5 heteroatoms. The summed E-state index contributed by atoms with van der Waals surface area (Å²) in [6.07, 6.45) is 0.340. The first kappa shape index (κ1) is 21.6. The molecule has 4 nitrogen and oxygen atoms in total. The third kappa shape index (κ3) is 3.99. The molecule has 0 aromatic heterocycles. The molecule has 0 saturated carbocycles. The van der Waals surface area contributed by atoms with Crippen LogP contribution in [0.25, 0.3) is 10.8 Å². The van der Waals surface area contributed by atoms with Crippen LogP contribution in [-0.2, 0) is 16.8 Å². The lowest BCUT2D eigenvalue weighted by atomic mass is 9.87. The summed E-state index contributed by atoms with van der Waals surface area (Å²) in [6.45, 7) is 0.421. The molecule has 1 aliphatic rings. The average molecular weight is 500 g/mol. The molecule has 0 bridgehead atoms. The molecular formula is C28H22BrNO3. The van der Waals surface area contributed by atoms with Crippen molar-refractivity contribution in [3.63, 3.8) is 0 Å². The SMILES string of the molecule is O=C(CC1(O)C(=O)N(CCc2ccccc2)c2ccc(Br)cc21)c1ccc2ccccc2c1. The zero-order valence-corrected chi connectivity index (χ0v) is 19.5. The van der Waals surface area contributed by atoms with Crippen molar-refractivity contribution in [1.82, 2.24) is 0 Å². The quantitative estimate of drug-likeness (QED) is 0.348. The van der Waals surface area contributed by atoms with E-state index in [2.05, 4.69) is 15.9 Å². The van der Waals surface area contributed by atoms with Crippen LogP contribution in [0, 0.1) is 0 Å². The third-order valence-corrected chi connectivity index (χ3v) is 6.74. The zero-order chi connectivity index (χ0) is 23.0. The van der Waals surface area contributed by atoms with Gasteiger partial charge in [0.25, 0.3) is 5.91 Å². The number of ketones is 1. The summed E-state index contributed by atoms with van der Waals surface area (Å²) in [5, 5.41) is 13.6. The maximum absolute atomic E-state index is 13.5. The van der Waals surface area contributed by atoms with Crippen LogP contribution in [-0.4, -0.2) is 23.3 Å². The molecule has 33 heavy (non-hydrogen) atoms. The van der Waals surface area contributed by atoms with E-state index in [-0.39, 0.29) is 12.2 Å². The number of nitrogens with zero attached hydrogens (tertiary/aromatic N) is 1. The van der Waals surface area contributed by atoms with Crippen LogP contribution in [0.1, 0.15) is 27.9 Å². The molecule has 4 aromatic carbocycles. The number of halogens is 1. The Bertz CT molecular complexity index is 1370. The highest BCUT2D eigenvalue weighted by molar-refractivity contribution is 9.10. The van der Waals surface area contributed by atoms with E-state index in [1.165, 1.54) is 0 Å². The molecule has 1 amide bonds. The van der Waals surface area contributed by atoms with Crippen LogP contribution in [0.3, 0.4) is 0 Å². The molecule has 0 fully saturated rings. The van der Waals surface area contributed by atoms with E-state index >= 15 is 0 Å². The number of carbonyl (C=O) groups excluding carboxylic acids is 2. The fourth-order valence-corrected chi connectivity index (χ4v) is 4.86. The van der Waals surface area contributed by atoms with Crippen molar-refractivity contribution in [2.24, 2.45) is 0 Å². The Hall–Kier alpha value is -3.28. The van der Waals surface area contributed by atoms with Gasteiger partial charge in [0.15, 0.2) is 11.4 Å². The first-order valence-electron chi connectivity index (χ1n) is 10.9. The second kappa shape index (κ2) is 8.58. The number of Topliss-reactive ketones (excluding diaryl/α,β-unsaturated/α-hetero) is 1. The summed E-state index contributed by atoms with van der Waals surface area (Å²) in [6, 6.07) is 28.6. The van der Waals surface area contributed by atoms with Crippen LogP contribution in [0.2, 0.25) is 0 Å². The minimum atomic E-state index is -1.90. The summed E-state index contributed by atoms with van der Waals surface area (Å²) in [4.78, 5) is 28.3. The van der Waals surface area contributed by atoms with Gasteiger partial charge in [-0.3, -0.25) is 9.59 Å². The van der Waals surface area contributed by atoms with Crippen LogP contribution in [0.15, 0.2) is 95.5 Å². The van der Waals surface area contributed by atoms with Gasteiger partial charge in [-0.1, -0.05) is 82.7 Å². The second-order valence-corrected chi connectivity index (χ2v) is 9.29. The average Bonchev–Trinajstić information content (AvgIpc) is 3.04. The van der Waals surface area contributed by atoms with E-state index in [0.717, 1.165) is 20.8 Å². The molecule has 1 atom stereocenters. The molecule has 1 N–H and O–H groups in total. The fraction of sp³-hybridized carbons (Fsp3) is 0.143. The highest BCUT2D eigenvalue weighted by Crippen LogP contribution is 2.44. The monoisotopic (exact) mass is 499 g/mol. The molecule has 164 valence electrons. The summed E-state index contributed by atoms with van der Waals surface area (Å²) < 4.78 is 0.746. The van der Waals surface area contributed by atoms with E-state index in [9.17, 15) is 14.7 Å². The number of benzene rings is 4. The molecule has 0 spiro atoms. The lowest BCUT2D eigenvalue weighted by molar-refractivity contribution is -0.135. The molecule has 1 heterocycles. The molecule has 5 rings (SSSR count). The van der Waals surface area contributed by atoms with Crippen molar-refractivity contribution in [1.29, 1.82) is 0 Å². The van der Waals surface area contributed by atoms with Crippen molar-refractivity contribution < 1.29 is 14.7 Å². The van der Waals surface area contributed by atoms with Crippen molar-refractivity contribution in [3.05, 3.63) is 112 Å². The fourth-order valence-electron chi connectivity index (χ4n) is 4.50. The highest BCUT2D eigenvalue weighted by atomic mass is 79.9. The van der Waals surface area contributed by atoms with E-state index < -0.39 is 11.5 Å². The number of hydrogen-bond acceptors (Lipinski definition) is 3. The lowest BCUT2D eigenvalue weighted by Crippen LogP contribution is -2.42. The maximum atomic E-state index is 13.5. The molecule has 1 aliphatic heterocycles. The molecule has 4 aromatic rings. The number of anilines is 1. The van der Waals surface area contributed by atoms with Gasteiger partial charge in [0.05, 0.1) is 12.1 Å². The molecule has 0 radical (unpaired) electrons. The Morgan fingerprint density at radius 2 is 1.61 bits per heavy atom. The van der Waals surface area contributed by atoms with Gasteiger partial charge in [0, 0.05) is 22.1 Å². The number of fused-ring (bicyclic) bond motifs is 2. The lowest BCUT2D eigenvalue weighted by Gasteiger charge is -2.23. The van der Waals surface area contributed by atoms with E-state index in [0.29, 0.717) is 29.8 Å². The molecule has 1 unspecified atom stereocenters. The smallest absolute Gasteiger partial charge is 0.264 e. The van der Waals surface area contributed by atoms with Gasteiger partial charge in [0.1, 0.15) is 0 Å². The van der Waals surface area contributed by atoms with Crippen LogP contribution in [0.4, 0.5) is 5.69 Å². The zero-order valence-electron chi connectivity index (χ0n) is 17.9. The summed E-state index contributed by atoms with van der Waals surface area (Å²) >= 11 is 3.44. The maximum Gasteiger partial charge on any atom is 0.264 e. The van der Waals surface area contributed by atoms with Gasteiger partial charge in [-0.05, 0) is 47.0 Å². The number of rotatable bonds is 6. The van der Waals surface area contributed by atoms with Gasteiger partial charge < -0.3 is 10.0 Å². The van der Waals surface area contributed by atoms with E-state index in [1.54, 1.807) is 17.0 Å². The largest absolute Gasteiger partial charge is 0.375 e. The van der Waals surface area contributed by atoms with Crippen LogP contribution < -0.4 is 4.90 Å². The topological polar surface area (TPSA) is 57.6 Å². The van der Waals surface area contributed by atoms with Crippen LogP contribution >= 0.6 is 15.9 Å². The number of amides is 1. The first-order chi connectivity index (χ1) is 16.0. The third-order valence-electron chi connectivity index (χ3n) is 6.25.